The number of ether oxygens (including phenoxy) is 1. The Morgan fingerprint density at radius 1 is 1.33 bits per heavy atom. The zero-order valence-corrected chi connectivity index (χ0v) is 14.2. The van der Waals surface area contributed by atoms with Gasteiger partial charge in [-0.1, -0.05) is 18.2 Å². The molecule has 6 heteroatoms. The fourth-order valence-corrected chi connectivity index (χ4v) is 4.05. The predicted octanol–water partition coefficient (Wildman–Crippen LogP) is 3.95. The van der Waals surface area contributed by atoms with Crippen LogP contribution in [0.4, 0.5) is 11.5 Å². The number of thiophene rings is 1. The monoisotopic (exact) mass is 339 g/mol. The molecule has 3 heterocycles. The number of benzene rings is 1. The molecule has 0 saturated carbocycles. The average molecular weight is 339 g/mol. The van der Waals surface area contributed by atoms with Crippen molar-refractivity contribution in [1.82, 2.24) is 9.97 Å². The van der Waals surface area contributed by atoms with Crippen LogP contribution in [-0.2, 0) is 11.2 Å². The van der Waals surface area contributed by atoms with E-state index in [2.05, 4.69) is 33.1 Å². The van der Waals surface area contributed by atoms with Crippen LogP contribution in [0.2, 0.25) is 0 Å². The summed E-state index contributed by atoms with van der Waals surface area (Å²) in [6.07, 6.45) is 3.69. The van der Waals surface area contributed by atoms with Gasteiger partial charge in [0, 0.05) is 17.6 Å². The summed E-state index contributed by atoms with van der Waals surface area (Å²) in [6.45, 7) is 3.04. The lowest BCUT2D eigenvalue weighted by Crippen LogP contribution is -2.25. The molecule has 0 amide bonds. The minimum atomic E-state index is -0.315. The van der Waals surface area contributed by atoms with Crippen molar-refractivity contribution in [2.24, 2.45) is 0 Å². The highest BCUT2D eigenvalue weighted by molar-refractivity contribution is 7.17. The number of rotatable bonds is 3. The average Bonchev–Trinajstić information content (AvgIpc) is 3.06. The summed E-state index contributed by atoms with van der Waals surface area (Å²) in [5.74, 6) is 0.474. The van der Waals surface area contributed by atoms with E-state index in [0.717, 1.165) is 41.1 Å². The van der Waals surface area contributed by atoms with E-state index in [0.29, 0.717) is 12.2 Å². The standard InChI is InChI=1S/C18H17N3O2S/c1-2-23-18(22)13-10-24-17-15(13)16(19-11-20-17)21-9-5-7-12-6-3-4-8-14(12)21/h3-4,6,8,10-11H,2,5,7,9H2,1H3. The fraction of sp³-hybridized carbons (Fsp3) is 0.278. The maximum Gasteiger partial charge on any atom is 0.339 e. The number of aryl methyl sites for hydroxylation is 1. The Balaban J connectivity index is 1.89. The van der Waals surface area contributed by atoms with Crippen molar-refractivity contribution in [1.29, 1.82) is 0 Å². The third-order valence-corrected chi connectivity index (χ3v) is 5.10. The highest BCUT2D eigenvalue weighted by Crippen LogP contribution is 2.38. The van der Waals surface area contributed by atoms with E-state index >= 15 is 0 Å². The van der Waals surface area contributed by atoms with E-state index < -0.39 is 0 Å². The van der Waals surface area contributed by atoms with E-state index in [1.807, 2.05) is 18.4 Å². The Morgan fingerprint density at radius 2 is 2.21 bits per heavy atom. The van der Waals surface area contributed by atoms with Crippen molar-refractivity contribution in [3.63, 3.8) is 0 Å². The van der Waals surface area contributed by atoms with Crippen molar-refractivity contribution in [2.75, 3.05) is 18.1 Å². The van der Waals surface area contributed by atoms with E-state index in [1.54, 1.807) is 6.33 Å². The minimum Gasteiger partial charge on any atom is -0.462 e. The molecule has 0 unspecified atom stereocenters. The van der Waals surface area contributed by atoms with Crippen LogP contribution in [0.3, 0.4) is 0 Å². The van der Waals surface area contributed by atoms with Crippen LogP contribution in [0.15, 0.2) is 36.0 Å². The number of carbonyl (C=O) groups excluding carboxylic acids is 1. The van der Waals surface area contributed by atoms with Gasteiger partial charge in [0.05, 0.1) is 17.6 Å². The van der Waals surface area contributed by atoms with Gasteiger partial charge < -0.3 is 9.64 Å². The fourth-order valence-electron chi connectivity index (χ4n) is 3.18. The number of hydrogen-bond donors (Lipinski definition) is 0. The molecule has 24 heavy (non-hydrogen) atoms. The molecule has 2 aromatic heterocycles. The van der Waals surface area contributed by atoms with Gasteiger partial charge in [-0.3, -0.25) is 0 Å². The maximum atomic E-state index is 12.3. The number of para-hydroxylation sites is 1. The minimum absolute atomic E-state index is 0.315. The molecule has 0 saturated heterocycles. The summed E-state index contributed by atoms with van der Waals surface area (Å²) in [5.41, 5.74) is 3.02. The van der Waals surface area contributed by atoms with Gasteiger partial charge in [-0.15, -0.1) is 11.3 Å². The van der Waals surface area contributed by atoms with Crippen LogP contribution in [0.25, 0.3) is 10.2 Å². The molecule has 3 aromatic rings. The van der Waals surface area contributed by atoms with Crippen LogP contribution < -0.4 is 4.90 Å². The van der Waals surface area contributed by atoms with Gasteiger partial charge in [0.1, 0.15) is 17.0 Å². The summed E-state index contributed by atoms with van der Waals surface area (Å²) in [7, 11) is 0. The topological polar surface area (TPSA) is 55.3 Å². The second kappa shape index (κ2) is 6.20. The molecule has 0 radical (unpaired) electrons. The summed E-state index contributed by atoms with van der Waals surface area (Å²) in [6, 6.07) is 8.36. The maximum absolute atomic E-state index is 12.3. The van der Waals surface area contributed by atoms with Crippen molar-refractivity contribution in [2.45, 2.75) is 19.8 Å². The van der Waals surface area contributed by atoms with Gasteiger partial charge >= 0.3 is 5.97 Å². The van der Waals surface area contributed by atoms with Crippen LogP contribution in [0.1, 0.15) is 29.3 Å². The number of nitrogens with zero attached hydrogens (tertiary/aromatic N) is 3. The van der Waals surface area contributed by atoms with Gasteiger partial charge in [-0.25, -0.2) is 14.8 Å². The first kappa shape index (κ1) is 15.1. The Morgan fingerprint density at radius 3 is 3.08 bits per heavy atom. The first-order valence-electron chi connectivity index (χ1n) is 8.04. The SMILES string of the molecule is CCOC(=O)c1csc2ncnc(N3CCCc4ccccc43)c12. The molecule has 1 aliphatic rings. The highest BCUT2D eigenvalue weighted by atomic mass is 32.1. The number of carbonyl (C=O) groups is 1. The van der Waals surface area contributed by atoms with Gasteiger partial charge in [0.15, 0.2) is 0 Å². The third-order valence-electron chi connectivity index (χ3n) is 4.21. The van der Waals surface area contributed by atoms with E-state index in [9.17, 15) is 4.79 Å². The van der Waals surface area contributed by atoms with Crippen molar-refractivity contribution < 1.29 is 9.53 Å². The van der Waals surface area contributed by atoms with Gasteiger partial charge in [-0.05, 0) is 31.4 Å². The highest BCUT2D eigenvalue weighted by Gasteiger charge is 2.25. The molecule has 4 rings (SSSR count). The molecule has 0 N–H and O–H groups in total. The summed E-state index contributed by atoms with van der Waals surface area (Å²) >= 11 is 1.45. The number of hydrogen-bond acceptors (Lipinski definition) is 6. The molecule has 1 aromatic carbocycles. The van der Waals surface area contributed by atoms with Gasteiger partial charge in [-0.2, -0.15) is 0 Å². The van der Waals surface area contributed by atoms with E-state index in [-0.39, 0.29) is 5.97 Å². The predicted molar refractivity (Wildman–Crippen MR) is 95.1 cm³/mol. The van der Waals surface area contributed by atoms with E-state index in [1.165, 1.54) is 16.9 Å². The molecule has 122 valence electrons. The molecule has 0 fully saturated rings. The van der Waals surface area contributed by atoms with Gasteiger partial charge in [0.25, 0.3) is 0 Å². The smallest absolute Gasteiger partial charge is 0.339 e. The molecular weight excluding hydrogens is 322 g/mol. The number of anilines is 2. The third kappa shape index (κ3) is 2.43. The first-order chi connectivity index (χ1) is 11.8. The Hall–Kier alpha value is -2.47. The number of esters is 1. The van der Waals surface area contributed by atoms with Crippen LogP contribution in [-0.4, -0.2) is 29.1 Å². The lowest BCUT2D eigenvalue weighted by atomic mass is 10.0. The quantitative estimate of drug-likeness (QED) is 0.676. The van der Waals surface area contributed by atoms with Gasteiger partial charge in [0.2, 0.25) is 0 Å². The largest absolute Gasteiger partial charge is 0.462 e. The Bertz CT molecular complexity index is 906. The summed E-state index contributed by atoms with van der Waals surface area (Å²) in [4.78, 5) is 24.2. The molecule has 0 atom stereocenters. The second-order valence-electron chi connectivity index (χ2n) is 5.63. The molecule has 0 aliphatic carbocycles. The van der Waals surface area contributed by atoms with Crippen molar-refractivity contribution in [3.05, 3.63) is 47.1 Å². The molecule has 0 spiro atoms. The normalized spacial score (nSPS) is 13.8. The molecule has 0 bridgehead atoms. The van der Waals surface area contributed by atoms with Crippen LogP contribution >= 0.6 is 11.3 Å². The molecular formula is C18H17N3O2S. The van der Waals surface area contributed by atoms with Crippen LogP contribution in [0.5, 0.6) is 0 Å². The number of fused-ring (bicyclic) bond motifs is 2. The van der Waals surface area contributed by atoms with E-state index in [4.69, 9.17) is 4.74 Å². The lowest BCUT2D eigenvalue weighted by Gasteiger charge is -2.30. The zero-order chi connectivity index (χ0) is 16.5. The number of aromatic nitrogens is 2. The van der Waals surface area contributed by atoms with Crippen LogP contribution in [0, 0.1) is 0 Å². The Labute approximate surface area is 143 Å². The summed E-state index contributed by atoms with van der Waals surface area (Å²) in [5, 5.41) is 2.61. The molecule has 1 aliphatic heterocycles. The first-order valence-corrected chi connectivity index (χ1v) is 8.92. The lowest BCUT2D eigenvalue weighted by molar-refractivity contribution is 0.0529. The Kier molecular flexibility index (Phi) is 3.90. The van der Waals surface area contributed by atoms with Crippen molar-refractivity contribution >= 4 is 39.0 Å². The molecule has 5 nitrogen and oxygen atoms in total. The summed E-state index contributed by atoms with van der Waals surface area (Å²) < 4.78 is 5.20. The second-order valence-corrected chi connectivity index (χ2v) is 6.49. The zero-order valence-electron chi connectivity index (χ0n) is 13.4. The van der Waals surface area contributed by atoms with Crippen molar-refractivity contribution in [3.8, 4) is 0 Å².